The summed E-state index contributed by atoms with van der Waals surface area (Å²) in [7, 11) is 0. The van der Waals surface area contributed by atoms with Gasteiger partial charge in [0, 0.05) is 5.56 Å². The summed E-state index contributed by atoms with van der Waals surface area (Å²) in [5, 5.41) is 0. The molecule has 0 saturated heterocycles. The fourth-order valence-corrected chi connectivity index (χ4v) is 0.864. The quantitative estimate of drug-likeness (QED) is 0.484. The van der Waals surface area contributed by atoms with Crippen LogP contribution in [0.1, 0.15) is 15.9 Å². The van der Waals surface area contributed by atoms with Gasteiger partial charge < -0.3 is 0 Å². The molecule has 0 amide bonds. The predicted molar refractivity (Wildman–Crippen MR) is 45.7 cm³/mol. The summed E-state index contributed by atoms with van der Waals surface area (Å²) in [6, 6.07) is 4.38. The van der Waals surface area contributed by atoms with Crippen molar-refractivity contribution in [3.05, 3.63) is 47.8 Å². The summed E-state index contributed by atoms with van der Waals surface area (Å²) in [6.07, 6.45) is 1.17. The van der Waals surface area contributed by atoms with E-state index in [1.807, 2.05) is 0 Å². The fourth-order valence-electron chi connectivity index (χ4n) is 0.864. The Balaban J connectivity index is 3.13. The molecule has 0 spiro atoms. The number of hydrogen-bond acceptors (Lipinski definition) is 1. The van der Waals surface area contributed by atoms with E-state index in [-0.39, 0.29) is 11.6 Å². The second-order valence-corrected chi connectivity index (χ2v) is 2.53. The number of carbonyl (C=O) groups excluding carboxylic acids is 1. The third-order valence-electron chi connectivity index (χ3n) is 1.64. The summed E-state index contributed by atoms with van der Waals surface area (Å²) >= 11 is 0. The molecular formula is C10H9FO. The van der Waals surface area contributed by atoms with Gasteiger partial charge in [0.25, 0.3) is 0 Å². The second kappa shape index (κ2) is 3.30. The summed E-state index contributed by atoms with van der Waals surface area (Å²) < 4.78 is 12.9. The van der Waals surface area contributed by atoms with Gasteiger partial charge in [0.2, 0.25) is 0 Å². The molecule has 0 saturated carbocycles. The Morgan fingerprint density at radius 3 is 2.75 bits per heavy atom. The first-order valence-electron chi connectivity index (χ1n) is 3.58. The molecule has 0 atom stereocenters. The van der Waals surface area contributed by atoms with Crippen LogP contribution in [0.15, 0.2) is 30.9 Å². The van der Waals surface area contributed by atoms with Gasteiger partial charge in [-0.2, -0.15) is 0 Å². The maximum atomic E-state index is 12.9. The number of rotatable bonds is 2. The van der Waals surface area contributed by atoms with Crippen LogP contribution < -0.4 is 0 Å². The third-order valence-corrected chi connectivity index (χ3v) is 1.64. The first-order chi connectivity index (χ1) is 5.65. The number of allylic oxidation sites excluding steroid dienone is 1. The number of carbonyl (C=O) groups is 1. The van der Waals surface area contributed by atoms with Gasteiger partial charge in [0.15, 0.2) is 5.78 Å². The van der Waals surface area contributed by atoms with Gasteiger partial charge in [-0.25, -0.2) is 4.39 Å². The number of hydrogen-bond donors (Lipinski definition) is 0. The topological polar surface area (TPSA) is 17.1 Å². The largest absolute Gasteiger partial charge is 0.289 e. The number of ketones is 1. The van der Waals surface area contributed by atoms with E-state index >= 15 is 0 Å². The van der Waals surface area contributed by atoms with E-state index in [2.05, 4.69) is 6.58 Å². The van der Waals surface area contributed by atoms with E-state index in [0.29, 0.717) is 11.1 Å². The minimum absolute atomic E-state index is 0.256. The molecule has 2 heteroatoms. The standard InChI is InChI=1S/C10H9FO/c1-3-10(12)8-5-4-7(2)9(11)6-8/h3-6H,1H2,2H3. The van der Waals surface area contributed by atoms with Crippen molar-refractivity contribution in [2.45, 2.75) is 6.92 Å². The highest BCUT2D eigenvalue weighted by Gasteiger charge is 2.03. The average Bonchev–Trinajstić information content (AvgIpc) is 2.08. The summed E-state index contributed by atoms with van der Waals surface area (Å²) in [4.78, 5) is 11.0. The minimum Gasteiger partial charge on any atom is -0.289 e. The molecule has 0 heterocycles. The van der Waals surface area contributed by atoms with E-state index < -0.39 is 0 Å². The van der Waals surface area contributed by atoms with Crippen molar-refractivity contribution in [3.63, 3.8) is 0 Å². The highest BCUT2D eigenvalue weighted by molar-refractivity contribution is 6.04. The van der Waals surface area contributed by atoms with Crippen LogP contribution in [0.5, 0.6) is 0 Å². The van der Waals surface area contributed by atoms with Gasteiger partial charge in [-0.05, 0) is 24.6 Å². The van der Waals surface area contributed by atoms with Gasteiger partial charge in [-0.3, -0.25) is 4.79 Å². The van der Waals surface area contributed by atoms with Gasteiger partial charge in [-0.1, -0.05) is 18.7 Å². The lowest BCUT2D eigenvalue weighted by atomic mass is 10.1. The van der Waals surface area contributed by atoms with Crippen molar-refractivity contribution in [1.82, 2.24) is 0 Å². The van der Waals surface area contributed by atoms with Crippen LogP contribution in [0.4, 0.5) is 4.39 Å². The maximum absolute atomic E-state index is 12.9. The summed E-state index contributed by atoms with van der Waals surface area (Å²) in [6.45, 7) is 4.97. The third kappa shape index (κ3) is 1.59. The van der Waals surface area contributed by atoms with E-state index in [9.17, 15) is 9.18 Å². The highest BCUT2D eigenvalue weighted by Crippen LogP contribution is 2.09. The minimum atomic E-state index is -0.359. The molecule has 0 bridgehead atoms. The lowest BCUT2D eigenvalue weighted by Crippen LogP contribution is -1.95. The van der Waals surface area contributed by atoms with Crippen molar-refractivity contribution in [2.75, 3.05) is 0 Å². The molecule has 1 aromatic rings. The SMILES string of the molecule is C=CC(=O)c1ccc(C)c(F)c1. The van der Waals surface area contributed by atoms with Gasteiger partial charge >= 0.3 is 0 Å². The van der Waals surface area contributed by atoms with E-state index in [4.69, 9.17) is 0 Å². The Bertz CT molecular complexity index is 329. The van der Waals surface area contributed by atoms with E-state index in [1.54, 1.807) is 19.1 Å². The summed E-state index contributed by atoms with van der Waals surface area (Å²) in [5.74, 6) is -0.614. The van der Waals surface area contributed by atoms with Crippen LogP contribution in [-0.4, -0.2) is 5.78 Å². The number of aryl methyl sites for hydroxylation is 1. The lowest BCUT2D eigenvalue weighted by Gasteiger charge is -1.98. The Morgan fingerprint density at radius 1 is 1.58 bits per heavy atom. The zero-order chi connectivity index (χ0) is 9.14. The smallest absolute Gasteiger partial charge is 0.185 e. The van der Waals surface area contributed by atoms with Crippen molar-refractivity contribution in [3.8, 4) is 0 Å². The molecule has 0 aromatic heterocycles. The van der Waals surface area contributed by atoms with Crippen LogP contribution in [0.25, 0.3) is 0 Å². The first-order valence-corrected chi connectivity index (χ1v) is 3.58. The fraction of sp³-hybridized carbons (Fsp3) is 0.100. The Labute approximate surface area is 70.5 Å². The predicted octanol–water partition coefficient (Wildman–Crippen LogP) is 2.50. The Kier molecular flexibility index (Phi) is 2.38. The average molecular weight is 164 g/mol. The van der Waals surface area contributed by atoms with Crippen LogP contribution in [0.2, 0.25) is 0 Å². The molecule has 0 aliphatic rings. The molecule has 0 radical (unpaired) electrons. The van der Waals surface area contributed by atoms with Crippen LogP contribution in [0, 0.1) is 12.7 Å². The summed E-state index contributed by atoms with van der Waals surface area (Å²) in [5.41, 5.74) is 0.878. The normalized spacial score (nSPS) is 9.50. The van der Waals surface area contributed by atoms with Gasteiger partial charge in [0.1, 0.15) is 5.82 Å². The second-order valence-electron chi connectivity index (χ2n) is 2.53. The van der Waals surface area contributed by atoms with Crippen LogP contribution in [-0.2, 0) is 0 Å². The molecule has 0 aliphatic carbocycles. The molecule has 0 aliphatic heterocycles. The molecule has 0 unspecified atom stereocenters. The Morgan fingerprint density at radius 2 is 2.25 bits per heavy atom. The molecule has 62 valence electrons. The highest BCUT2D eigenvalue weighted by atomic mass is 19.1. The molecular weight excluding hydrogens is 155 g/mol. The van der Waals surface area contributed by atoms with Gasteiger partial charge in [-0.15, -0.1) is 0 Å². The molecule has 1 rings (SSSR count). The zero-order valence-corrected chi connectivity index (χ0v) is 6.80. The van der Waals surface area contributed by atoms with Crippen molar-refractivity contribution in [2.24, 2.45) is 0 Å². The van der Waals surface area contributed by atoms with Crippen LogP contribution in [0.3, 0.4) is 0 Å². The Hall–Kier alpha value is -1.44. The zero-order valence-electron chi connectivity index (χ0n) is 6.80. The van der Waals surface area contributed by atoms with Crippen molar-refractivity contribution in [1.29, 1.82) is 0 Å². The molecule has 1 aromatic carbocycles. The lowest BCUT2D eigenvalue weighted by molar-refractivity contribution is 0.104. The maximum Gasteiger partial charge on any atom is 0.185 e. The molecule has 12 heavy (non-hydrogen) atoms. The van der Waals surface area contributed by atoms with Gasteiger partial charge in [0.05, 0.1) is 0 Å². The van der Waals surface area contributed by atoms with E-state index in [1.165, 1.54) is 12.1 Å². The monoisotopic (exact) mass is 164 g/mol. The first kappa shape index (κ1) is 8.65. The van der Waals surface area contributed by atoms with Crippen LogP contribution >= 0.6 is 0 Å². The number of benzene rings is 1. The van der Waals surface area contributed by atoms with Crippen molar-refractivity contribution < 1.29 is 9.18 Å². The van der Waals surface area contributed by atoms with Crippen molar-refractivity contribution >= 4 is 5.78 Å². The molecule has 1 nitrogen and oxygen atoms in total. The molecule has 0 N–H and O–H groups in total. The number of halogens is 1. The van der Waals surface area contributed by atoms with E-state index in [0.717, 1.165) is 0 Å². The molecule has 0 fully saturated rings.